The van der Waals surface area contributed by atoms with Crippen molar-refractivity contribution in [2.24, 2.45) is 0 Å². The summed E-state index contributed by atoms with van der Waals surface area (Å²) in [5.41, 5.74) is 2.44. The molecule has 0 amide bonds. The summed E-state index contributed by atoms with van der Waals surface area (Å²) in [5, 5.41) is 2.31. The van der Waals surface area contributed by atoms with Gasteiger partial charge in [0.25, 0.3) is 0 Å². The van der Waals surface area contributed by atoms with Crippen LogP contribution in [0.3, 0.4) is 0 Å². The summed E-state index contributed by atoms with van der Waals surface area (Å²) in [4.78, 5) is 11.2. The van der Waals surface area contributed by atoms with E-state index in [0.717, 1.165) is 17.2 Å². The van der Waals surface area contributed by atoms with E-state index in [1.807, 2.05) is 6.08 Å². The minimum atomic E-state index is 0.0813. The molecule has 0 bridgehead atoms. The molecule has 0 aliphatic heterocycles. The topological polar surface area (TPSA) is 17.1 Å². The number of allylic oxidation sites excluding steroid dienone is 3. The Hall–Kier alpha value is -1.89. The van der Waals surface area contributed by atoms with Crippen molar-refractivity contribution in [3.8, 4) is 0 Å². The Kier molecular flexibility index (Phi) is 1.72. The minimum Gasteiger partial charge on any atom is -0.290 e. The molecule has 0 heterocycles. The van der Waals surface area contributed by atoms with E-state index >= 15 is 0 Å². The van der Waals surface area contributed by atoms with E-state index in [9.17, 15) is 4.79 Å². The highest BCUT2D eigenvalue weighted by Gasteiger charge is 2.05. The monoisotopic (exact) mass is 194 g/mol. The number of hydrogen-bond acceptors (Lipinski definition) is 1. The largest absolute Gasteiger partial charge is 0.290 e. The maximum absolute atomic E-state index is 11.2. The standard InChI is InChI=1S/C14H10O/c15-14-6-5-12-7-10-3-1-2-4-11(10)8-13(12)9-14/h1-3,5-9H,4H2. The molecule has 0 fully saturated rings. The molecule has 72 valence electrons. The summed E-state index contributed by atoms with van der Waals surface area (Å²) in [6.45, 7) is 0. The molecule has 1 nitrogen and oxygen atoms in total. The lowest BCUT2D eigenvalue weighted by molar-refractivity contribution is -0.109. The molecule has 0 atom stereocenters. The summed E-state index contributed by atoms with van der Waals surface area (Å²) in [7, 11) is 0. The van der Waals surface area contributed by atoms with Gasteiger partial charge in [0.1, 0.15) is 0 Å². The smallest absolute Gasteiger partial charge is 0.179 e. The first-order valence-electron chi connectivity index (χ1n) is 5.06. The van der Waals surface area contributed by atoms with Crippen molar-refractivity contribution in [2.75, 3.05) is 0 Å². The number of carbonyl (C=O) groups excluding carboxylic acids is 1. The zero-order valence-electron chi connectivity index (χ0n) is 8.23. The quantitative estimate of drug-likeness (QED) is 0.601. The van der Waals surface area contributed by atoms with Gasteiger partial charge in [-0.3, -0.25) is 4.79 Å². The molecule has 1 heteroatoms. The van der Waals surface area contributed by atoms with Crippen LogP contribution in [-0.4, -0.2) is 5.78 Å². The average Bonchev–Trinajstić information content (AvgIpc) is 2.26. The van der Waals surface area contributed by atoms with Crippen LogP contribution in [0.15, 0.2) is 30.4 Å². The Labute approximate surface area is 87.7 Å². The van der Waals surface area contributed by atoms with Crippen LogP contribution in [0.1, 0.15) is 11.1 Å². The highest BCUT2D eigenvalue weighted by molar-refractivity contribution is 6.16. The first kappa shape index (κ1) is 8.42. The van der Waals surface area contributed by atoms with Crippen molar-refractivity contribution >= 4 is 24.0 Å². The van der Waals surface area contributed by atoms with E-state index in [-0.39, 0.29) is 5.78 Å². The SMILES string of the molecule is O=C1C=Cc2cc3c(cc2=C1)CC=CC=3. The van der Waals surface area contributed by atoms with Crippen LogP contribution in [0.5, 0.6) is 0 Å². The van der Waals surface area contributed by atoms with Gasteiger partial charge in [-0.05, 0) is 46.2 Å². The summed E-state index contributed by atoms with van der Waals surface area (Å²) in [6.07, 6.45) is 12.5. The van der Waals surface area contributed by atoms with Crippen LogP contribution in [0, 0.1) is 0 Å². The fourth-order valence-electron chi connectivity index (χ4n) is 2.04. The Morgan fingerprint density at radius 3 is 2.93 bits per heavy atom. The van der Waals surface area contributed by atoms with Gasteiger partial charge in [0.05, 0.1) is 0 Å². The van der Waals surface area contributed by atoms with E-state index in [4.69, 9.17) is 0 Å². The molecule has 15 heavy (non-hydrogen) atoms. The van der Waals surface area contributed by atoms with E-state index in [2.05, 4.69) is 30.4 Å². The fourth-order valence-corrected chi connectivity index (χ4v) is 2.04. The maximum atomic E-state index is 11.2. The first-order valence-corrected chi connectivity index (χ1v) is 5.06. The second-order valence-corrected chi connectivity index (χ2v) is 3.86. The predicted molar refractivity (Wildman–Crippen MR) is 61.5 cm³/mol. The molecule has 3 rings (SSSR count). The summed E-state index contributed by atoms with van der Waals surface area (Å²) >= 11 is 0. The predicted octanol–water partition coefficient (Wildman–Crippen LogP) is 0.956. The molecule has 0 saturated heterocycles. The molecule has 0 spiro atoms. The minimum absolute atomic E-state index is 0.0813. The fraction of sp³-hybridized carbons (Fsp3) is 0.0714. The van der Waals surface area contributed by atoms with Crippen molar-refractivity contribution in [2.45, 2.75) is 6.42 Å². The van der Waals surface area contributed by atoms with Crippen LogP contribution < -0.4 is 10.4 Å². The molecule has 0 N–H and O–H groups in total. The number of hydrogen-bond donors (Lipinski definition) is 0. The van der Waals surface area contributed by atoms with Crippen LogP contribution in [-0.2, 0) is 11.2 Å². The van der Waals surface area contributed by atoms with Crippen LogP contribution >= 0.6 is 0 Å². The van der Waals surface area contributed by atoms with Crippen LogP contribution in [0.2, 0.25) is 0 Å². The molecule has 1 aromatic carbocycles. The normalized spacial score (nSPS) is 16.4. The molecular weight excluding hydrogens is 184 g/mol. The lowest BCUT2D eigenvalue weighted by atomic mass is 9.97. The molecule has 1 aromatic rings. The molecule has 0 radical (unpaired) electrons. The second kappa shape index (κ2) is 3.06. The molecule has 0 unspecified atom stereocenters. The summed E-state index contributed by atoms with van der Waals surface area (Å²) in [6, 6.07) is 4.26. The van der Waals surface area contributed by atoms with Gasteiger partial charge in [-0.1, -0.05) is 30.4 Å². The lowest BCUT2D eigenvalue weighted by Gasteiger charge is -2.07. The van der Waals surface area contributed by atoms with Crippen molar-refractivity contribution in [3.05, 3.63) is 51.9 Å². The van der Waals surface area contributed by atoms with Gasteiger partial charge < -0.3 is 0 Å². The van der Waals surface area contributed by atoms with Gasteiger partial charge >= 0.3 is 0 Å². The van der Waals surface area contributed by atoms with Crippen molar-refractivity contribution in [1.29, 1.82) is 0 Å². The van der Waals surface area contributed by atoms with Crippen molar-refractivity contribution in [3.63, 3.8) is 0 Å². The summed E-state index contributed by atoms with van der Waals surface area (Å²) in [5.74, 6) is 0.0813. The highest BCUT2D eigenvalue weighted by atomic mass is 16.1. The zero-order valence-corrected chi connectivity index (χ0v) is 8.23. The van der Waals surface area contributed by atoms with Gasteiger partial charge in [0, 0.05) is 0 Å². The molecule has 2 aliphatic rings. The van der Waals surface area contributed by atoms with Crippen LogP contribution in [0.25, 0.3) is 18.2 Å². The van der Waals surface area contributed by atoms with Gasteiger partial charge in [-0.2, -0.15) is 0 Å². The van der Waals surface area contributed by atoms with E-state index in [1.165, 1.54) is 10.8 Å². The van der Waals surface area contributed by atoms with Crippen molar-refractivity contribution in [1.82, 2.24) is 0 Å². The van der Waals surface area contributed by atoms with E-state index in [1.54, 1.807) is 12.2 Å². The number of rotatable bonds is 0. The van der Waals surface area contributed by atoms with Gasteiger partial charge in [-0.25, -0.2) is 0 Å². The summed E-state index contributed by atoms with van der Waals surface area (Å²) < 4.78 is 0. The first-order chi connectivity index (χ1) is 7.33. The third-order valence-electron chi connectivity index (χ3n) is 2.82. The Bertz CT molecular complexity index is 615. The lowest BCUT2D eigenvalue weighted by Crippen LogP contribution is -2.21. The van der Waals surface area contributed by atoms with Gasteiger partial charge in [0.2, 0.25) is 0 Å². The number of fused-ring (bicyclic) bond motifs is 2. The third kappa shape index (κ3) is 1.37. The van der Waals surface area contributed by atoms with Gasteiger partial charge in [0.15, 0.2) is 5.78 Å². The second-order valence-electron chi connectivity index (χ2n) is 3.86. The number of ketones is 1. The Morgan fingerprint density at radius 1 is 1.07 bits per heavy atom. The highest BCUT2D eigenvalue weighted by Crippen LogP contribution is 2.04. The van der Waals surface area contributed by atoms with Gasteiger partial charge in [-0.15, -0.1) is 0 Å². The van der Waals surface area contributed by atoms with Crippen molar-refractivity contribution < 1.29 is 4.79 Å². The average molecular weight is 194 g/mol. The Balaban J connectivity index is 2.36. The molecule has 0 saturated carbocycles. The number of carbonyl (C=O) groups is 1. The Morgan fingerprint density at radius 2 is 2.00 bits per heavy atom. The van der Waals surface area contributed by atoms with Crippen LogP contribution in [0.4, 0.5) is 0 Å². The zero-order chi connectivity index (χ0) is 10.3. The van der Waals surface area contributed by atoms with E-state index < -0.39 is 0 Å². The molecule has 2 aliphatic carbocycles. The maximum Gasteiger partial charge on any atom is 0.179 e. The molecular formula is C14H10O. The van der Waals surface area contributed by atoms with E-state index in [0.29, 0.717) is 0 Å². The molecule has 0 aromatic heterocycles. The third-order valence-corrected chi connectivity index (χ3v) is 2.82. The number of benzene rings is 1.